The zero-order chi connectivity index (χ0) is 11.5. The summed E-state index contributed by atoms with van der Waals surface area (Å²) in [6.07, 6.45) is 4.99. The van der Waals surface area contributed by atoms with Crippen LogP contribution >= 0.6 is 11.6 Å². The number of hydrogen-bond acceptors (Lipinski definition) is 4. The van der Waals surface area contributed by atoms with Crippen molar-refractivity contribution < 1.29 is 4.74 Å². The SMILES string of the molecule is CCn1ccnc1-c1ncnc(Cl)c1OC. The molecule has 2 aromatic heterocycles. The van der Waals surface area contributed by atoms with Crippen molar-refractivity contribution in [3.05, 3.63) is 23.9 Å². The van der Waals surface area contributed by atoms with Gasteiger partial charge in [-0.2, -0.15) is 0 Å². The normalized spacial score (nSPS) is 10.4. The van der Waals surface area contributed by atoms with Crippen LogP contribution in [0.1, 0.15) is 6.92 Å². The molecule has 0 radical (unpaired) electrons. The van der Waals surface area contributed by atoms with E-state index in [2.05, 4.69) is 15.0 Å². The van der Waals surface area contributed by atoms with Crippen LogP contribution in [0.15, 0.2) is 18.7 Å². The zero-order valence-electron chi connectivity index (χ0n) is 9.01. The summed E-state index contributed by atoms with van der Waals surface area (Å²) in [5.41, 5.74) is 0.606. The van der Waals surface area contributed by atoms with Gasteiger partial charge in [0.1, 0.15) is 6.33 Å². The van der Waals surface area contributed by atoms with Crippen LogP contribution in [0.3, 0.4) is 0 Å². The largest absolute Gasteiger partial charge is 0.491 e. The van der Waals surface area contributed by atoms with Crippen molar-refractivity contribution in [1.29, 1.82) is 0 Å². The van der Waals surface area contributed by atoms with Crippen LogP contribution in [0.5, 0.6) is 5.75 Å². The molecule has 2 rings (SSSR count). The first kappa shape index (κ1) is 10.9. The van der Waals surface area contributed by atoms with E-state index in [0.29, 0.717) is 11.4 Å². The van der Waals surface area contributed by atoms with Gasteiger partial charge in [0.2, 0.25) is 0 Å². The van der Waals surface area contributed by atoms with Crippen LogP contribution in [-0.4, -0.2) is 26.6 Å². The highest BCUT2D eigenvalue weighted by molar-refractivity contribution is 6.31. The summed E-state index contributed by atoms with van der Waals surface area (Å²) in [6, 6.07) is 0. The molecule has 0 saturated carbocycles. The van der Waals surface area contributed by atoms with Crippen molar-refractivity contribution in [3.8, 4) is 17.3 Å². The van der Waals surface area contributed by atoms with Crippen molar-refractivity contribution in [2.75, 3.05) is 7.11 Å². The maximum Gasteiger partial charge on any atom is 0.185 e. The molecule has 2 aromatic rings. The number of aromatic nitrogens is 4. The van der Waals surface area contributed by atoms with Crippen LogP contribution in [-0.2, 0) is 6.54 Å². The molecule has 2 heterocycles. The number of rotatable bonds is 3. The van der Waals surface area contributed by atoms with Gasteiger partial charge < -0.3 is 9.30 Å². The summed E-state index contributed by atoms with van der Waals surface area (Å²) in [4.78, 5) is 12.3. The van der Waals surface area contributed by atoms with Gasteiger partial charge in [-0.15, -0.1) is 0 Å². The summed E-state index contributed by atoms with van der Waals surface area (Å²) in [5.74, 6) is 1.17. The number of aryl methyl sites for hydroxylation is 1. The van der Waals surface area contributed by atoms with Gasteiger partial charge >= 0.3 is 0 Å². The van der Waals surface area contributed by atoms with E-state index in [4.69, 9.17) is 16.3 Å². The number of imidazole rings is 1. The molecule has 0 fully saturated rings. The molecule has 0 atom stereocenters. The minimum atomic E-state index is 0.290. The molecule has 6 heteroatoms. The topological polar surface area (TPSA) is 52.8 Å². The van der Waals surface area contributed by atoms with Crippen LogP contribution in [0.4, 0.5) is 0 Å². The van der Waals surface area contributed by atoms with Crippen molar-refractivity contribution >= 4 is 11.6 Å². The molecule has 0 unspecified atom stereocenters. The lowest BCUT2D eigenvalue weighted by Gasteiger charge is -2.08. The molecule has 0 spiro atoms. The minimum Gasteiger partial charge on any atom is -0.491 e. The Morgan fingerprint density at radius 2 is 2.19 bits per heavy atom. The lowest BCUT2D eigenvalue weighted by atomic mass is 10.3. The highest BCUT2D eigenvalue weighted by atomic mass is 35.5. The van der Waals surface area contributed by atoms with Gasteiger partial charge in [0, 0.05) is 18.9 Å². The molecular weight excluding hydrogens is 228 g/mol. The van der Waals surface area contributed by atoms with E-state index < -0.39 is 0 Å². The number of nitrogens with zero attached hydrogens (tertiary/aromatic N) is 4. The summed E-state index contributed by atoms with van der Waals surface area (Å²) in [7, 11) is 1.54. The molecule has 0 saturated heterocycles. The molecule has 0 bridgehead atoms. The van der Waals surface area contributed by atoms with Crippen LogP contribution in [0, 0.1) is 0 Å². The van der Waals surface area contributed by atoms with E-state index in [1.54, 1.807) is 6.20 Å². The van der Waals surface area contributed by atoms with Gasteiger partial charge in [0.25, 0.3) is 0 Å². The summed E-state index contributed by atoms with van der Waals surface area (Å²) in [6.45, 7) is 2.83. The van der Waals surface area contributed by atoms with Gasteiger partial charge in [-0.3, -0.25) is 0 Å². The Morgan fingerprint density at radius 3 is 2.88 bits per heavy atom. The monoisotopic (exact) mass is 238 g/mol. The fraction of sp³-hybridized carbons (Fsp3) is 0.300. The van der Waals surface area contributed by atoms with Gasteiger partial charge in [0.15, 0.2) is 22.4 Å². The summed E-state index contributed by atoms with van der Waals surface area (Å²) in [5, 5.41) is 0.290. The molecule has 0 aliphatic rings. The second-order valence-corrected chi connectivity index (χ2v) is 3.44. The van der Waals surface area contributed by atoms with E-state index in [1.807, 2.05) is 17.7 Å². The van der Waals surface area contributed by atoms with Crippen LogP contribution in [0.2, 0.25) is 5.15 Å². The fourth-order valence-electron chi connectivity index (χ4n) is 1.47. The molecule has 0 amide bonds. The first-order chi connectivity index (χ1) is 7.77. The van der Waals surface area contributed by atoms with Gasteiger partial charge in [-0.25, -0.2) is 15.0 Å². The van der Waals surface area contributed by atoms with Crippen molar-refractivity contribution in [3.63, 3.8) is 0 Å². The predicted molar refractivity (Wildman–Crippen MR) is 60.5 cm³/mol. The molecule has 0 aromatic carbocycles. The lowest BCUT2D eigenvalue weighted by Crippen LogP contribution is -2.01. The quantitative estimate of drug-likeness (QED) is 0.768. The third kappa shape index (κ3) is 1.74. The van der Waals surface area contributed by atoms with E-state index in [1.165, 1.54) is 13.4 Å². The Morgan fingerprint density at radius 1 is 1.38 bits per heavy atom. The van der Waals surface area contributed by atoms with E-state index >= 15 is 0 Å². The average Bonchev–Trinajstić information content (AvgIpc) is 2.76. The Labute approximate surface area is 98.1 Å². The number of ether oxygens (including phenoxy) is 1. The number of hydrogen-bond donors (Lipinski definition) is 0. The molecule has 0 N–H and O–H groups in total. The molecular formula is C10H11ClN4O. The van der Waals surface area contributed by atoms with E-state index in [9.17, 15) is 0 Å². The molecule has 0 aliphatic carbocycles. The molecule has 5 nitrogen and oxygen atoms in total. The lowest BCUT2D eigenvalue weighted by molar-refractivity contribution is 0.412. The highest BCUT2D eigenvalue weighted by Gasteiger charge is 2.16. The third-order valence-corrected chi connectivity index (χ3v) is 2.50. The van der Waals surface area contributed by atoms with Crippen molar-refractivity contribution in [2.24, 2.45) is 0 Å². The number of halogens is 1. The maximum absolute atomic E-state index is 5.93. The van der Waals surface area contributed by atoms with Gasteiger partial charge in [-0.05, 0) is 6.92 Å². The smallest absolute Gasteiger partial charge is 0.185 e. The standard InChI is InChI=1S/C10H11ClN4O/c1-3-15-5-4-12-10(15)7-8(16-2)9(11)14-6-13-7/h4-6H,3H2,1-2H3. The first-order valence-electron chi connectivity index (χ1n) is 4.84. The summed E-state index contributed by atoms with van der Waals surface area (Å²) < 4.78 is 7.15. The van der Waals surface area contributed by atoms with Gasteiger partial charge in [-0.1, -0.05) is 11.6 Å². The van der Waals surface area contributed by atoms with E-state index in [0.717, 1.165) is 12.4 Å². The minimum absolute atomic E-state index is 0.290. The zero-order valence-corrected chi connectivity index (χ0v) is 9.77. The van der Waals surface area contributed by atoms with Gasteiger partial charge in [0.05, 0.1) is 7.11 Å². The fourth-order valence-corrected chi connectivity index (χ4v) is 1.68. The second kappa shape index (κ2) is 4.49. The summed E-state index contributed by atoms with van der Waals surface area (Å²) >= 11 is 5.93. The third-order valence-electron chi connectivity index (χ3n) is 2.23. The Balaban J connectivity index is 2.60. The Bertz CT molecular complexity index is 497. The Hall–Kier alpha value is -1.62. The Kier molecular flexibility index (Phi) is 3.05. The molecule has 0 aliphatic heterocycles. The van der Waals surface area contributed by atoms with Crippen molar-refractivity contribution in [2.45, 2.75) is 13.5 Å². The second-order valence-electron chi connectivity index (χ2n) is 3.08. The van der Waals surface area contributed by atoms with Crippen LogP contribution in [0.25, 0.3) is 11.5 Å². The van der Waals surface area contributed by atoms with Crippen LogP contribution < -0.4 is 4.74 Å². The first-order valence-corrected chi connectivity index (χ1v) is 5.21. The maximum atomic E-state index is 5.93. The molecule has 16 heavy (non-hydrogen) atoms. The molecule has 84 valence electrons. The highest BCUT2D eigenvalue weighted by Crippen LogP contribution is 2.31. The van der Waals surface area contributed by atoms with E-state index in [-0.39, 0.29) is 5.15 Å². The number of methoxy groups -OCH3 is 1. The predicted octanol–water partition coefficient (Wildman–Crippen LogP) is 2.02. The average molecular weight is 239 g/mol. The van der Waals surface area contributed by atoms with Crippen molar-refractivity contribution in [1.82, 2.24) is 19.5 Å².